The Bertz CT molecular complexity index is 762. The summed E-state index contributed by atoms with van der Waals surface area (Å²) in [7, 11) is 0. The molecule has 126 valence electrons. The van der Waals surface area contributed by atoms with Crippen LogP contribution in [0.4, 0.5) is 10.1 Å². The van der Waals surface area contributed by atoms with Crippen molar-refractivity contribution in [3.8, 4) is 5.75 Å². The molecule has 2 unspecified atom stereocenters. The Morgan fingerprint density at radius 1 is 1.21 bits per heavy atom. The quantitative estimate of drug-likeness (QED) is 0.699. The fourth-order valence-corrected chi connectivity index (χ4v) is 2.95. The van der Waals surface area contributed by atoms with E-state index in [9.17, 15) is 14.3 Å². The Morgan fingerprint density at radius 3 is 2.62 bits per heavy atom. The van der Waals surface area contributed by atoms with Gasteiger partial charge in [0.1, 0.15) is 17.6 Å². The molecule has 0 bridgehead atoms. The molecule has 1 fully saturated rings. The minimum atomic E-state index is -0.444. The van der Waals surface area contributed by atoms with Crippen molar-refractivity contribution in [3.63, 3.8) is 0 Å². The molecule has 1 saturated heterocycles. The lowest BCUT2D eigenvalue weighted by molar-refractivity contribution is -0.117. The number of phenolic OH excluding ortho intramolecular Hbond substituents is 1. The van der Waals surface area contributed by atoms with Crippen molar-refractivity contribution in [3.05, 3.63) is 58.9 Å². The predicted octanol–water partition coefficient (Wildman–Crippen LogP) is 2.69. The number of rotatable bonds is 3. The second-order valence-corrected chi connectivity index (χ2v) is 6.15. The second-order valence-electron chi connectivity index (χ2n) is 6.15. The van der Waals surface area contributed by atoms with Crippen LogP contribution in [0.1, 0.15) is 29.2 Å². The van der Waals surface area contributed by atoms with Gasteiger partial charge >= 0.3 is 0 Å². The number of aryl methyl sites for hydroxylation is 2. The van der Waals surface area contributed by atoms with Crippen molar-refractivity contribution < 1.29 is 14.3 Å². The van der Waals surface area contributed by atoms with E-state index < -0.39 is 6.04 Å². The van der Waals surface area contributed by atoms with E-state index in [0.717, 1.165) is 16.7 Å². The minimum Gasteiger partial charge on any atom is -0.507 e. The molecule has 1 aliphatic rings. The molecule has 5 nitrogen and oxygen atoms in total. The number of hydrogen-bond acceptors (Lipinski definition) is 4. The summed E-state index contributed by atoms with van der Waals surface area (Å²) in [5, 5.41) is 13.0. The van der Waals surface area contributed by atoms with Crippen LogP contribution >= 0.6 is 0 Å². The zero-order valence-corrected chi connectivity index (χ0v) is 13.6. The van der Waals surface area contributed by atoms with Crippen molar-refractivity contribution in [2.45, 2.75) is 32.4 Å². The molecule has 0 aromatic heterocycles. The molecule has 0 spiro atoms. The highest BCUT2D eigenvalue weighted by Gasteiger charge is 2.31. The van der Waals surface area contributed by atoms with E-state index in [0.29, 0.717) is 12.1 Å². The molecule has 4 N–H and O–H groups in total. The number of benzene rings is 2. The smallest absolute Gasteiger partial charge is 0.242 e. The Kier molecular flexibility index (Phi) is 4.51. The fraction of sp³-hybridized carbons (Fsp3) is 0.278. The van der Waals surface area contributed by atoms with Crippen LogP contribution in [-0.4, -0.2) is 17.1 Å². The topological polar surface area (TPSA) is 73.4 Å². The number of carbonyl (C=O) groups excluding carboxylic acids is 1. The molecular weight excluding hydrogens is 309 g/mol. The lowest BCUT2D eigenvalue weighted by Gasteiger charge is -2.14. The minimum absolute atomic E-state index is 0.160. The van der Waals surface area contributed by atoms with Gasteiger partial charge in [0.2, 0.25) is 5.91 Å². The van der Waals surface area contributed by atoms with Gasteiger partial charge in [-0.15, -0.1) is 0 Å². The largest absolute Gasteiger partial charge is 0.507 e. The van der Waals surface area contributed by atoms with E-state index >= 15 is 0 Å². The molecule has 24 heavy (non-hydrogen) atoms. The Hall–Kier alpha value is -2.44. The predicted molar refractivity (Wildman–Crippen MR) is 90.0 cm³/mol. The highest BCUT2D eigenvalue weighted by molar-refractivity contribution is 5.95. The van der Waals surface area contributed by atoms with E-state index in [2.05, 4.69) is 16.2 Å². The van der Waals surface area contributed by atoms with Gasteiger partial charge in [-0.25, -0.2) is 15.2 Å². The monoisotopic (exact) mass is 329 g/mol. The molecule has 0 saturated carbocycles. The Balaban J connectivity index is 1.69. The first-order chi connectivity index (χ1) is 11.4. The number of anilines is 1. The van der Waals surface area contributed by atoms with Crippen LogP contribution < -0.4 is 16.2 Å². The van der Waals surface area contributed by atoms with Gasteiger partial charge in [-0.1, -0.05) is 17.7 Å². The molecule has 0 aliphatic carbocycles. The van der Waals surface area contributed by atoms with Crippen LogP contribution in [0.5, 0.6) is 5.75 Å². The Labute approximate surface area is 139 Å². The van der Waals surface area contributed by atoms with Gasteiger partial charge in [0, 0.05) is 11.3 Å². The molecule has 2 atom stereocenters. The zero-order valence-electron chi connectivity index (χ0n) is 13.6. The number of carbonyl (C=O) groups is 1. The first-order valence-corrected chi connectivity index (χ1v) is 7.81. The summed E-state index contributed by atoms with van der Waals surface area (Å²) in [5.41, 5.74) is 9.20. The lowest BCUT2D eigenvalue weighted by atomic mass is 9.96. The zero-order chi connectivity index (χ0) is 17.3. The van der Waals surface area contributed by atoms with Crippen LogP contribution in [0.3, 0.4) is 0 Å². The highest BCUT2D eigenvalue weighted by Crippen LogP contribution is 2.33. The molecule has 2 aromatic rings. The molecule has 1 amide bonds. The maximum atomic E-state index is 12.9. The lowest BCUT2D eigenvalue weighted by Crippen LogP contribution is -2.39. The summed E-state index contributed by atoms with van der Waals surface area (Å²) in [6.45, 7) is 3.82. The second kappa shape index (κ2) is 6.59. The van der Waals surface area contributed by atoms with Crippen LogP contribution in [-0.2, 0) is 4.79 Å². The van der Waals surface area contributed by atoms with Crippen molar-refractivity contribution in [1.29, 1.82) is 0 Å². The molecule has 1 heterocycles. The maximum Gasteiger partial charge on any atom is 0.242 e. The van der Waals surface area contributed by atoms with Crippen molar-refractivity contribution in [2.24, 2.45) is 0 Å². The normalized spacial score (nSPS) is 20.1. The van der Waals surface area contributed by atoms with Crippen LogP contribution in [0.25, 0.3) is 0 Å². The molecule has 6 heteroatoms. The fourth-order valence-electron chi connectivity index (χ4n) is 2.95. The number of hydrazine groups is 1. The van der Waals surface area contributed by atoms with Gasteiger partial charge in [0.25, 0.3) is 0 Å². The Morgan fingerprint density at radius 2 is 1.92 bits per heavy atom. The number of aromatic hydroxyl groups is 1. The molecule has 1 aliphatic heterocycles. The summed E-state index contributed by atoms with van der Waals surface area (Å²) >= 11 is 0. The third-order valence-corrected chi connectivity index (χ3v) is 4.18. The number of amides is 1. The third-order valence-electron chi connectivity index (χ3n) is 4.18. The first-order valence-electron chi connectivity index (χ1n) is 7.81. The molecule has 3 rings (SSSR count). The van der Waals surface area contributed by atoms with E-state index in [1.54, 1.807) is 0 Å². The van der Waals surface area contributed by atoms with Crippen LogP contribution in [0, 0.1) is 19.7 Å². The van der Waals surface area contributed by atoms with Gasteiger partial charge in [-0.2, -0.15) is 0 Å². The SMILES string of the molecule is Cc1cc(C)c(O)c(C2CC(C(=O)Nc3ccc(F)cc3)NN2)c1. The molecule has 2 aromatic carbocycles. The number of nitrogens with one attached hydrogen (secondary N) is 3. The van der Waals surface area contributed by atoms with Gasteiger partial charge < -0.3 is 10.4 Å². The first kappa shape index (κ1) is 16.4. The van der Waals surface area contributed by atoms with Crippen molar-refractivity contribution >= 4 is 11.6 Å². The number of phenols is 1. The summed E-state index contributed by atoms with van der Waals surface area (Å²) in [6, 6.07) is 8.86. The summed E-state index contributed by atoms with van der Waals surface area (Å²) in [4.78, 5) is 12.3. The number of hydrogen-bond donors (Lipinski definition) is 4. The summed E-state index contributed by atoms with van der Waals surface area (Å²) < 4.78 is 12.9. The molecular formula is C18H20FN3O2. The highest BCUT2D eigenvalue weighted by atomic mass is 19.1. The van der Waals surface area contributed by atoms with Gasteiger partial charge in [-0.05, 0) is 50.1 Å². The van der Waals surface area contributed by atoms with E-state index in [-0.39, 0.29) is 23.5 Å². The van der Waals surface area contributed by atoms with Crippen molar-refractivity contribution in [1.82, 2.24) is 10.9 Å². The summed E-state index contributed by atoms with van der Waals surface area (Å²) in [6.07, 6.45) is 0.503. The maximum absolute atomic E-state index is 12.9. The standard InChI is InChI=1S/C18H20FN3O2/c1-10-7-11(2)17(23)14(8-10)15-9-16(22-21-15)18(24)20-13-5-3-12(19)4-6-13/h3-8,15-16,21-23H,9H2,1-2H3,(H,20,24). The van der Waals surface area contributed by atoms with E-state index in [1.807, 2.05) is 26.0 Å². The summed E-state index contributed by atoms with van der Waals surface area (Å²) in [5.74, 6) is -0.307. The van der Waals surface area contributed by atoms with Gasteiger partial charge in [0.15, 0.2) is 0 Å². The average molecular weight is 329 g/mol. The molecule has 0 radical (unpaired) electrons. The van der Waals surface area contributed by atoms with Crippen molar-refractivity contribution in [2.75, 3.05) is 5.32 Å². The van der Waals surface area contributed by atoms with E-state index in [4.69, 9.17) is 0 Å². The average Bonchev–Trinajstić information content (AvgIpc) is 3.03. The van der Waals surface area contributed by atoms with Crippen LogP contribution in [0.15, 0.2) is 36.4 Å². The number of halogens is 1. The third kappa shape index (κ3) is 3.39. The van der Waals surface area contributed by atoms with Crippen LogP contribution in [0.2, 0.25) is 0 Å². The van der Waals surface area contributed by atoms with Gasteiger partial charge in [0.05, 0.1) is 6.04 Å². The van der Waals surface area contributed by atoms with E-state index in [1.165, 1.54) is 24.3 Å². The van der Waals surface area contributed by atoms with Gasteiger partial charge in [-0.3, -0.25) is 4.79 Å².